The van der Waals surface area contributed by atoms with Crippen LogP contribution in [0.4, 0.5) is 0 Å². The van der Waals surface area contributed by atoms with Crippen LogP contribution in [0.3, 0.4) is 0 Å². The van der Waals surface area contributed by atoms with Crippen molar-refractivity contribution < 1.29 is 19.4 Å². The van der Waals surface area contributed by atoms with Crippen molar-refractivity contribution in [2.24, 2.45) is 0 Å². The second-order valence-electron chi connectivity index (χ2n) is 2.39. The summed E-state index contributed by atoms with van der Waals surface area (Å²) in [5, 5.41) is 4.07. The molecule has 1 rings (SSSR count). The Morgan fingerprint density at radius 1 is 1.33 bits per heavy atom. The van der Waals surface area contributed by atoms with Gasteiger partial charge in [-0.2, -0.15) is 0 Å². The SMILES string of the molecule is [CH2]=[Ru]([O]CCC)[c]1ccccc1. The van der Waals surface area contributed by atoms with E-state index in [2.05, 4.69) is 24.2 Å². The maximum absolute atomic E-state index is 5.61. The van der Waals surface area contributed by atoms with Crippen molar-refractivity contribution in [1.29, 1.82) is 0 Å². The molecule has 1 aromatic rings. The van der Waals surface area contributed by atoms with Gasteiger partial charge in [0.2, 0.25) is 0 Å². The Kier molecular flexibility index (Phi) is 4.34. The van der Waals surface area contributed by atoms with Crippen molar-refractivity contribution in [3.63, 3.8) is 0 Å². The molecule has 0 amide bonds. The Balaban J connectivity index is 2.54. The van der Waals surface area contributed by atoms with Gasteiger partial charge in [0.05, 0.1) is 0 Å². The monoisotopic (exact) mass is 252 g/mol. The minimum atomic E-state index is -1.37. The molecule has 0 heterocycles. The van der Waals surface area contributed by atoms with Crippen LogP contribution in [0.2, 0.25) is 0 Å². The van der Waals surface area contributed by atoms with Crippen molar-refractivity contribution >= 4 is 9.27 Å². The first kappa shape index (κ1) is 9.76. The molecule has 0 aliphatic heterocycles. The Morgan fingerprint density at radius 2 is 2.00 bits per heavy atom. The van der Waals surface area contributed by atoms with E-state index in [1.807, 2.05) is 18.2 Å². The summed E-state index contributed by atoms with van der Waals surface area (Å²) >= 11 is -1.37. The third-order valence-electron chi connectivity index (χ3n) is 1.35. The fourth-order valence-electron chi connectivity index (χ4n) is 0.760. The molecule has 1 nitrogen and oxygen atoms in total. The Morgan fingerprint density at radius 3 is 2.58 bits per heavy atom. The molecule has 0 aliphatic carbocycles. The molecule has 0 fully saturated rings. The van der Waals surface area contributed by atoms with Gasteiger partial charge in [-0.05, 0) is 0 Å². The van der Waals surface area contributed by atoms with Gasteiger partial charge in [0.15, 0.2) is 0 Å². The van der Waals surface area contributed by atoms with Crippen LogP contribution in [0.25, 0.3) is 0 Å². The molecule has 1 aromatic carbocycles. The minimum absolute atomic E-state index is 0.845. The van der Waals surface area contributed by atoms with Gasteiger partial charge >= 0.3 is 79.0 Å². The zero-order chi connectivity index (χ0) is 8.81. The summed E-state index contributed by atoms with van der Waals surface area (Å²) in [5.74, 6) is 0. The maximum atomic E-state index is 5.61. The van der Waals surface area contributed by atoms with Crippen molar-refractivity contribution in [1.82, 2.24) is 0 Å². The molecule has 0 spiro atoms. The molecule has 2 heteroatoms. The second-order valence-corrected chi connectivity index (χ2v) is 5.36. The molecule has 0 saturated carbocycles. The number of hydrogen-bond donors (Lipinski definition) is 0. The normalized spacial score (nSPS) is 11.2. The fourth-order valence-corrected chi connectivity index (χ4v) is 2.81. The number of rotatable bonds is 4. The van der Waals surface area contributed by atoms with Gasteiger partial charge in [0.1, 0.15) is 0 Å². The van der Waals surface area contributed by atoms with Gasteiger partial charge in [-0.1, -0.05) is 0 Å². The summed E-state index contributed by atoms with van der Waals surface area (Å²) in [4.78, 5) is 0. The van der Waals surface area contributed by atoms with Crippen LogP contribution in [-0.2, 0) is 19.4 Å². The summed E-state index contributed by atoms with van der Waals surface area (Å²) in [6.45, 7) is 2.96. The molecule has 0 unspecified atom stereocenters. The molecule has 0 aromatic heterocycles. The average molecular weight is 251 g/mol. The average Bonchev–Trinajstić information content (AvgIpc) is 2.15. The Bertz CT molecular complexity index is 243. The Hall–Kier alpha value is -0.327. The molecule has 0 saturated heterocycles. The third kappa shape index (κ3) is 2.96. The van der Waals surface area contributed by atoms with E-state index in [4.69, 9.17) is 3.56 Å². The van der Waals surface area contributed by atoms with Crippen LogP contribution in [0.15, 0.2) is 30.3 Å². The Labute approximate surface area is 79.2 Å². The van der Waals surface area contributed by atoms with Crippen molar-refractivity contribution in [2.75, 3.05) is 6.61 Å². The van der Waals surface area contributed by atoms with E-state index in [1.165, 1.54) is 4.16 Å². The summed E-state index contributed by atoms with van der Waals surface area (Å²) in [7, 11) is 0. The fraction of sp³-hybridized carbons (Fsp3) is 0.300. The number of benzene rings is 1. The predicted octanol–water partition coefficient (Wildman–Crippen LogP) is 1.70. The van der Waals surface area contributed by atoms with Crippen molar-refractivity contribution in [3.05, 3.63) is 30.3 Å². The van der Waals surface area contributed by atoms with Crippen molar-refractivity contribution in [3.8, 4) is 0 Å². The summed E-state index contributed by atoms with van der Waals surface area (Å²) in [5.41, 5.74) is 0. The van der Waals surface area contributed by atoms with Crippen LogP contribution < -0.4 is 4.16 Å². The van der Waals surface area contributed by atoms with Gasteiger partial charge in [-0.3, -0.25) is 0 Å². The van der Waals surface area contributed by atoms with Crippen molar-refractivity contribution in [2.45, 2.75) is 13.3 Å². The van der Waals surface area contributed by atoms with Gasteiger partial charge in [0.25, 0.3) is 0 Å². The van der Waals surface area contributed by atoms with E-state index in [0.29, 0.717) is 0 Å². The van der Waals surface area contributed by atoms with Crippen LogP contribution in [-0.4, -0.2) is 11.7 Å². The quantitative estimate of drug-likeness (QED) is 0.740. The van der Waals surface area contributed by atoms with Crippen LogP contribution >= 0.6 is 0 Å². The van der Waals surface area contributed by atoms with E-state index in [-0.39, 0.29) is 0 Å². The van der Waals surface area contributed by atoms with E-state index >= 15 is 0 Å². The van der Waals surface area contributed by atoms with E-state index < -0.39 is 15.9 Å². The topological polar surface area (TPSA) is 9.23 Å². The van der Waals surface area contributed by atoms with E-state index in [1.54, 1.807) is 0 Å². The third-order valence-corrected chi connectivity index (χ3v) is 4.01. The molecule has 0 atom stereocenters. The zero-order valence-corrected chi connectivity index (χ0v) is 9.01. The van der Waals surface area contributed by atoms with E-state index in [9.17, 15) is 0 Å². The molecule has 0 aliphatic rings. The van der Waals surface area contributed by atoms with E-state index in [0.717, 1.165) is 13.0 Å². The first-order chi connectivity index (χ1) is 5.84. The molecule has 0 N–H and O–H groups in total. The molecular weight excluding hydrogens is 237 g/mol. The molecule has 12 heavy (non-hydrogen) atoms. The standard InChI is InChI=1S/C6H5.C3H7O.CH2.Ru/c1-2-4-6-5-3-1;1-2-3-4;;/h1-5H;2-3H2,1H3;1H2;/q;-1;;+1. The van der Waals surface area contributed by atoms with Gasteiger partial charge in [0, 0.05) is 0 Å². The summed E-state index contributed by atoms with van der Waals surface area (Å²) in [6, 6.07) is 10.3. The second kappa shape index (κ2) is 5.34. The first-order valence-corrected chi connectivity index (χ1v) is 6.79. The molecular formula is C10H14ORu. The van der Waals surface area contributed by atoms with Gasteiger partial charge < -0.3 is 0 Å². The van der Waals surface area contributed by atoms with Crippen LogP contribution in [0.1, 0.15) is 13.3 Å². The first-order valence-electron chi connectivity index (χ1n) is 3.98. The molecule has 0 radical (unpaired) electrons. The van der Waals surface area contributed by atoms with Gasteiger partial charge in [-0.15, -0.1) is 0 Å². The molecule has 68 valence electrons. The van der Waals surface area contributed by atoms with Crippen LogP contribution in [0.5, 0.6) is 0 Å². The summed E-state index contributed by atoms with van der Waals surface area (Å²) < 4.78 is 6.90. The number of hydrogen-bond acceptors (Lipinski definition) is 1. The van der Waals surface area contributed by atoms with Gasteiger partial charge in [-0.25, -0.2) is 0 Å². The van der Waals surface area contributed by atoms with Crippen LogP contribution in [0, 0.1) is 0 Å². The molecule has 0 bridgehead atoms. The zero-order valence-electron chi connectivity index (χ0n) is 7.27. The summed E-state index contributed by atoms with van der Waals surface area (Å²) in [6.07, 6.45) is 1.08. The predicted molar refractivity (Wildman–Crippen MR) is 49.4 cm³/mol.